The Hall–Kier alpha value is -0.840. The van der Waals surface area contributed by atoms with Crippen LogP contribution in [0.3, 0.4) is 0 Å². The summed E-state index contributed by atoms with van der Waals surface area (Å²) in [5.41, 5.74) is 0. The number of carbonyl (C=O) groups excluding carboxylic acids is 1. The summed E-state index contributed by atoms with van der Waals surface area (Å²) in [5.74, 6) is -0.0777. The van der Waals surface area contributed by atoms with Crippen LogP contribution in [0.5, 0.6) is 0 Å². The molecule has 0 rings (SSSR count). The summed E-state index contributed by atoms with van der Waals surface area (Å²) in [5, 5.41) is 0. The van der Waals surface area contributed by atoms with Crippen LogP contribution >= 0.6 is 0 Å². The van der Waals surface area contributed by atoms with E-state index in [0.29, 0.717) is 24.2 Å². The zero-order valence-electron chi connectivity index (χ0n) is 32.2. The van der Waals surface area contributed by atoms with E-state index < -0.39 is 0 Å². The molecule has 0 saturated carbocycles. The first-order valence-corrected chi connectivity index (χ1v) is 20.4. The predicted octanol–water partition coefficient (Wildman–Crippen LogP) is 9.70. The average Bonchev–Trinajstić information content (AvgIpc) is 3.03. The number of rotatable bonds is 37. The maximum absolute atomic E-state index is 12.3. The standard InChI is InChI=1S/C42H82NO3.ClH/c1-5-7-9-11-13-15-17-19-21-23-25-27-29-31-33-35-38-45-40-37-43(3,4)41-42(44)46-39-36-34-32-30-28-26-24-22-20-18-16-14-12-10-8-6-2;/h19-22H,5-18,23-41H2,1-4H3;1H/q+1;/p-1. The molecule has 0 aromatic heterocycles. The third-order valence-corrected chi connectivity index (χ3v) is 9.12. The van der Waals surface area contributed by atoms with Crippen molar-refractivity contribution in [3.8, 4) is 0 Å². The Morgan fingerprint density at radius 2 is 0.809 bits per heavy atom. The average molecular weight is 685 g/mol. The van der Waals surface area contributed by atoms with Crippen molar-refractivity contribution in [3.05, 3.63) is 24.3 Å². The normalized spacial score (nSPS) is 11.9. The van der Waals surface area contributed by atoms with Crippen LogP contribution in [0.1, 0.15) is 194 Å². The van der Waals surface area contributed by atoms with Crippen molar-refractivity contribution in [2.75, 3.05) is 47.0 Å². The van der Waals surface area contributed by atoms with Crippen molar-refractivity contribution in [2.45, 2.75) is 194 Å². The molecule has 0 aromatic carbocycles. The van der Waals surface area contributed by atoms with Gasteiger partial charge in [-0.2, -0.15) is 0 Å². The molecule has 0 unspecified atom stereocenters. The summed E-state index contributed by atoms with van der Waals surface area (Å²) in [7, 11) is 4.19. The van der Waals surface area contributed by atoms with Crippen LogP contribution in [0, 0.1) is 0 Å². The number of ether oxygens (including phenoxy) is 2. The number of hydrogen-bond donors (Lipinski definition) is 0. The van der Waals surface area contributed by atoms with E-state index in [0.717, 1.165) is 32.4 Å². The Bertz CT molecular complexity index is 679. The molecular formula is C42H82ClNO3. The molecule has 0 fully saturated rings. The lowest BCUT2D eigenvalue weighted by Crippen LogP contribution is -3.00. The summed E-state index contributed by atoms with van der Waals surface area (Å²) in [4.78, 5) is 12.3. The lowest BCUT2D eigenvalue weighted by atomic mass is 10.1. The highest BCUT2D eigenvalue weighted by Crippen LogP contribution is 2.12. The van der Waals surface area contributed by atoms with Crippen molar-refractivity contribution in [1.29, 1.82) is 0 Å². The van der Waals surface area contributed by atoms with Crippen LogP contribution < -0.4 is 12.4 Å². The molecule has 0 aliphatic carbocycles. The molecule has 5 heteroatoms. The number of halogens is 1. The van der Waals surface area contributed by atoms with E-state index in [4.69, 9.17) is 9.47 Å². The fourth-order valence-electron chi connectivity index (χ4n) is 5.88. The minimum absolute atomic E-state index is 0. The van der Waals surface area contributed by atoms with Gasteiger partial charge in [0.05, 0.1) is 27.3 Å². The number of carbonyl (C=O) groups is 1. The maximum Gasteiger partial charge on any atom is 0.361 e. The molecule has 0 bridgehead atoms. The van der Waals surface area contributed by atoms with Crippen molar-refractivity contribution in [3.63, 3.8) is 0 Å². The largest absolute Gasteiger partial charge is 1.00 e. The first-order valence-electron chi connectivity index (χ1n) is 20.4. The quantitative estimate of drug-likeness (QED) is 0.0283. The molecule has 0 heterocycles. The molecule has 0 aromatic rings. The number of allylic oxidation sites excluding steroid dienone is 4. The molecule has 0 spiro atoms. The Morgan fingerprint density at radius 3 is 1.21 bits per heavy atom. The van der Waals surface area contributed by atoms with Gasteiger partial charge in [-0.1, -0.05) is 154 Å². The first kappa shape index (κ1) is 48.3. The Morgan fingerprint density at radius 1 is 0.468 bits per heavy atom. The summed E-state index contributed by atoms with van der Waals surface area (Å²) in [6.45, 7) is 7.93. The number of hydrogen-bond acceptors (Lipinski definition) is 3. The van der Waals surface area contributed by atoms with Gasteiger partial charge in [-0.3, -0.25) is 0 Å². The highest BCUT2D eigenvalue weighted by molar-refractivity contribution is 5.70. The van der Waals surface area contributed by atoms with Gasteiger partial charge >= 0.3 is 5.97 Å². The molecule has 0 amide bonds. The van der Waals surface area contributed by atoms with E-state index in [1.807, 2.05) is 0 Å². The van der Waals surface area contributed by atoms with Gasteiger partial charge in [0.2, 0.25) is 0 Å². The summed E-state index contributed by atoms with van der Waals surface area (Å²) in [6, 6.07) is 0. The third-order valence-electron chi connectivity index (χ3n) is 9.12. The highest BCUT2D eigenvalue weighted by atomic mass is 35.5. The van der Waals surface area contributed by atoms with Crippen molar-refractivity contribution < 1.29 is 31.2 Å². The number of nitrogens with zero attached hydrogens (tertiary/aromatic N) is 1. The summed E-state index contributed by atoms with van der Waals surface area (Å²) < 4.78 is 12.0. The van der Waals surface area contributed by atoms with Crippen LogP contribution in [-0.2, 0) is 14.3 Å². The fourth-order valence-corrected chi connectivity index (χ4v) is 5.88. The van der Waals surface area contributed by atoms with E-state index in [2.05, 4.69) is 52.2 Å². The minimum atomic E-state index is -0.0777. The minimum Gasteiger partial charge on any atom is -1.00 e. The monoisotopic (exact) mass is 684 g/mol. The maximum atomic E-state index is 12.3. The SMILES string of the molecule is CCCCCCCCC=CCCCCCCCCOCC[N+](C)(C)CC(=O)OCCCCCCCCC=CCCCCCCCC.[Cl-]. The molecular weight excluding hydrogens is 602 g/mol. The smallest absolute Gasteiger partial charge is 0.361 e. The van der Waals surface area contributed by atoms with Crippen LogP contribution in [0.15, 0.2) is 24.3 Å². The fraction of sp³-hybridized carbons (Fsp3) is 0.881. The number of likely N-dealkylation sites (N-methyl/N-ethyl adjacent to an activating group) is 1. The third kappa shape index (κ3) is 41.2. The number of quaternary nitrogens is 1. The molecule has 280 valence electrons. The lowest BCUT2D eigenvalue weighted by Gasteiger charge is -2.28. The second-order valence-corrected chi connectivity index (χ2v) is 14.5. The summed E-state index contributed by atoms with van der Waals surface area (Å²) >= 11 is 0. The van der Waals surface area contributed by atoms with E-state index in [9.17, 15) is 4.79 Å². The van der Waals surface area contributed by atoms with Crippen molar-refractivity contribution in [2.24, 2.45) is 0 Å². The van der Waals surface area contributed by atoms with Gasteiger partial charge in [0.1, 0.15) is 6.54 Å². The van der Waals surface area contributed by atoms with Crippen molar-refractivity contribution >= 4 is 5.97 Å². The van der Waals surface area contributed by atoms with E-state index in [1.165, 1.54) is 161 Å². The first-order chi connectivity index (χ1) is 22.5. The van der Waals surface area contributed by atoms with Gasteiger partial charge in [0.25, 0.3) is 0 Å². The number of unbranched alkanes of at least 4 members (excludes halogenated alkanes) is 24. The highest BCUT2D eigenvalue weighted by Gasteiger charge is 2.20. The number of esters is 1. The molecule has 0 saturated heterocycles. The molecule has 47 heavy (non-hydrogen) atoms. The van der Waals surface area contributed by atoms with Gasteiger partial charge in [0, 0.05) is 6.61 Å². The zero-order chi connectivity index (χ0) is 33.7. The summed E-state index contributed by atoms with van der Waals surface area (Å²) in [6.07, 6.45) is 46.2. The van der Waals surface area contributed by atoms with Gasteiger partial charge in [-0.15, -0.1) is 0 Å². The lowest BCUT2D eigenvalue weighted by molar-refractivity contribution is -0.883. The second kappa shape index (κ2) is 39.6. The van der Waals surface area contributed by atoms with Crippen molar-refractivity contribution in [1.82, 2.24) is 0 Å². The molecule has 0 N–H and O–H groups in total. The Kier molecular flexibility index (Phi) is 40.7. The van der Waals surface area contributed by atoms with Crippen LogP contribution in [-0.4, -0.2) is 57.5 Å². The van der Waals surface area contributed by atoms with Crippen LogP contribution in [0.25, 0.3) is 0 Å². The molecule has 0 radical (unpaired) electrons. The molecule has 0 aliphatic heterocycles. The Balaban J connectivity index is 0. The second-order valence-electron chi connectivity index (χ2n) is 14.5. The van der Waals surface area contributed by atoms with E-state index >= 15 is 0 Å². The van der Waals surface area contributed by atoms with E-state index in [-0.39, 0.29) is 18.4 Å². The van der Waals surface area contributed by atoms with Crippen LogP contribution in [0.2, 0.25) is 0 Å². The van der Waals surface area contributed by atoms with Gasteiger partial charge < -0.3 is 26.4 Å². The van der Waals surface area contributed by atoms with Gasteiger partial charge in [0.15, 0.2) is 6.54 Å². The Labute approximate surface area is 301 Å². The topological polar surface area (TPSA) is 35.5 Å². The van der Waals surface area contributed by atoms with Gasteiger partial charge in [-0.25, -0.2) is 4.79 Å². The zero-order valence-corrected chi connectivity index (χ0v) is 32.9. The molecule has 0 aliphatic rings. The predicted molar refractivity (Wildman–Crippen MR) is 203 cm³/mol. The van der Waals surface area contributed by atoms with E-state index in [1.54, 1.807) is 0 Å². The molecule has 0 atom stereocenters. The van der Waals surface area contributed by atoms with Crippen LogP contribution in [0.4, 0.5) is 0 Å². The molecule has 4 nitrogen and oxygen atoms in total. The van der Waals surface area contributed by atoms with Gasteiger partial charge in [-0.05, 0) is 64.2 Å².